The van der Waals surface area contributed by atoms with Crippen LogP contribution in [-0.4, -0.2) is 36.2 Å². The summed E-state index contributed by atoms with van der Waals surface area (Å²) < 4.78 is 5.76. The SMILES string of the molecule is CC1CN(C(C)Cc2ccc(N)s2)CC(C)O1. The van der Waals surface area contributed by atoms with E-state index < -0.39 is 0 Å². The fourth-order valence-electron chi connectivity index (χ4n) is 2.50. The van der Waals surface area contributed by atoms with Crippen molar-refractivity contribution in [3.8, 4) is 0 Å². The van der Waals surface area contributed by atoms with Crippen molar-refractivity contribution in [1.29, 1.82) is 0 Å². The van der Waals surface area contributed by atoms with Crippen molar-refractivity contribution in [3.63, 3.8) is 0 Å². The molecule has 1 saturated heterocycles. The van der Waals surface area contributed by atoms with Gasteiger partial charge in [-0.05, 0) is 39.3 Å². The van der Waals surface area contributed by atoms with Gasteiger partial charge in [-0.1, -0.05) is 0 Å². The predicted molar refractivity (Wildman–Crippen MR) is 73.5 cm³/mol. The highest BCUT2D eigenvalue weighted by molar-refractivity contribution is 7.15. The van der Waals surface area contributed by atoms with E-state index in [1.54, 1.807) is 11.3 Å². The predicted octanol–water partition coefficient (Wildman–Crippen LogP) is 2.37. The Morgan fingerprint density at radius 1 is 1.41 bits per heavy atom. The van der Waals surface area contributed by atoms with Gasteiger partial charge < -0.3 is 10.5 Å². The van der Waals surface area contributed by atoms with E-state index in [4.69, 9.17) is 10.5 Å². The van der Waals surface area contributed by atoms with Crippen LogP contribution in [0.1, 0.15) is 25.6 Å². The molecule has 0 spiro atoms. The van der Waals surface area contributed by atoms with Gasteiger partial charge in [0.25, 0.3) is 0 Å². The number of nitrogen functional groups attached to an aromatic ring is 1. The summed E-state index contributed by atoms with van der Waals surface area (Å²) in [5, 5.41) is 0.913. The Bertz CT molecular complexity index is 356. The van der Waals surface area contributed by atoms with Gasteiger partial charge in [-0.25, -0.2) is 0 Å². The number of hydrogen-bond acceptors (Lipinski definition) is 4. The Kier molecular flexibility index (Phi) is 4.07. The number of ether oxygens (including phenoxy) is 1. The largest absolute Gasteiger partial charge is 0.391 e. The van der Waals surface area contributed by atoms with E-state index >= 15 is 0 Å². The third kappa shape index (κ3) is 3.44. The highest BCUT2D eigenvalue weighted by Gasteiger charge is 2.25. The summed E-state index contributed by atoms with van der Waals surface area (Å²) >= 11 is 1.70. The first-order chi connectivity index (χ1) is 8.04. The Morgan fingerprint density at radius 3 is 2.59 bits per heavy atom. The fraction of sp³-hybridized carbons (Fsp3) is 0.692. The van der Waals surface area contributed by atoms with Crippen LogP contribution >= 0.6 is 11.3 Å². The molecule has 0 aromatic carbocycles. The highest BCUT2D eigenvalue weighted by atomic mass is 32.1. The van der Waals surface area contributed by atoms with Gasteiger partial charge >= 0.3 is 0 Å². The van der Waals surface area contributed by atoms with Gasteiger partial charge in [0.15, 0.2) is 0 Å². The molecule has 3 nitrogen and oxygen atoms in total. The molecule has 17 heavy (non-hydrogen) atoms. The molecule has 1 fully saturated rings. The van der Waals surface area contributed by atoms with Crippen molar-refractivity contribution in [2.24, 2.45) is 0 Å². The summed E-state index contributed by atoms with van der Waals surface area (Å²) in [5.74, 6) is 0. The lowest BCUT2D eigenvalue weighted by Crippen LogP contribution is -2.49. The zero-order valence-corrected chi connectivity index (χ0v) is 11.7. The van der Waals surface area contributed by atoms with E-state index in [2.05, 4.69) is 31.7 Å². The van der Waals surface area contributed by atoms with Crippen molar-refractivity contribution in [3.05, 3.63) is 17.0 Å². The molecule has 2 rings (SSSR count). The molecule has 2 heterocycles. The van der Waals surface area contributed by atoms with Gasteiger partial charge in [-0.15, -0.1) is 11.3 Å². The second-order valence-electron chi connectivity index (χ2n) is 5.07. The minimum atomic E-state index is 0.342. The van der Waals surface area contributed by atoms with Crippen LogP contribution in [-0.2, 0) is 11.2 Å². The van der Waals surface area contributed by atoms with Gasteiger partial charge in [0.2, 0.25) is 0 Å². The van der Waals surface area contributed by atoms with E-state index in [-0.39, 0.29) is 0 Å². The average Bonchev–Trinajstić information content (AvgIpc) is 2.62. The maximum absolute atomic E-state index is 5.76. The van der Waals surface area contributed by atoms with Gasteiger partial charge in [-0.2, -0.15) is 0 Å². The monoisotopic (exact) mass is 254 g/mol. The fourth-order valence-corrected chi connectivity index (χ4v) is 3.40. The molecular formula is C13H22N2OS. The summed E-state index contributed by atoms with van der Waals surface area (Å²) in [6.45, 7) is 8.66. The Hall–Kier alpha value is -0.580. The lowest BCUT2D eigenvalue weighted by atomic mass is 10.1. The van der Waals surface area contributed by atoms with E-state index in [1.165, 1.54) is 4.88 Å². The molecule has 0 bridgehead atoms. The maximum Gasteiger partial charge on any atom is 0.0859 e. The molecule has 96 valence electrons. The quantitative estimate of drug-likeness (QED) is 0.900. The molecular weight excluding hydrogens is 232 g/mol. The topological polar surface area (TPSA) is 38.5 Å². The molecule has 4 heteroatoms. The van der Waals surface area contributed by atoms with Crippen molar-refractivity contribution >= 4 is 16.3 Å². The van der Waals surface area contributed by atoms with Crippen LogP contribution in [0, 0.1) is 0 Å². The molecule has 1 aliphatic heterocycles. The number of nitrogens with two attached hydrogens (primary N) is 1. The van der Waals surface area contributed by atoms with Gasteiger partial charge in [0.1, 0.15) is 0 Å². The smallest absolute Gasteiger partial charge is 0.0859 e. The highest BCUT2D eigenvalue weighted by Crippen LogP contribution is 2.22. The lowest BCUT2D eigenvalue weighted by molar-refractivity contribution is -0.0782. The third-order valence-corrected chi connectivity index (χ3v) is 4.19. The van der Waals surface area contributed by atoms with E-state index in [9.17, 15) is 0 Å². The minimum Gasteiger partial charge on any atom is -0.391 e. The Morgan fingerprint density at radius 2 is 2.06 bits per heavy atom. The molecule has 2 N–H and O–H groups in total. The van der Waals surface area contributed by atoms with E-state index in [0.29, 0.717) is 18.2 Å². The van der Waals surface area contributed by atoms with Crippen molar-refractivity contribution in [1.82, 2.24) is 4.90 Å². The maximum atomic E-state index is 5.76. The van der Waals surface area contributed by atoms with Crippen LogP contribution in [0.5, 0.6) is 0 Å². The first-order valence-corrected chi connectivity index (χ1v) is 7.10. The number of rotatable bonds is 3. The molecule has 1 aliphatic rings. The van der Waals surface area contributed by atoms with Crippen LogP contribution in [0.4, 0.5) is 5.00 Å². The molecule has 0 radical (unpaired) electrons. The molecule has 1 aromatic heterocycles. The second-order valence-corrected chi connectivity index (χ2v) is 6.27. The zero-order valence-electron chi connectivity index (χ0n) is 10.8. The summed E-state index contributed by atoms with van der Waals surface area (Å²) in [5.41, 5.74) is 5.76. The molecule has 0 aliphatic carbocycles. The van der Waals surface area contributed by atoms with Crippen molar-refractivity contribution < 1.29 is 4.74 Å². The minimum absolute atomic E-state index is 0.342. The zero-order chi connectivity index (χ0) is 12.4. The summed E-state index contributed by atoms with van der Waals surface area (Å²) in [6.07, 6.45) is 1.77. The summed E-state index contributed by atoms with van der Waals surface area (Å²) in [7, 11) is 0. The lowest BCUT2D eigenvalue weighted by Gasteiger charge is -2.38. The van der Waals surface area contributed by atoms with Crippen molar-refractivity contribution in [2.45, 2.75) is 45.4 Å². The number of anilines is 1. The number of morpholine rings is 1. The van der Waals surface area contributed by atoms with Crippen LogP contribution in [0.3, 0.4) is 0 Å². The number of thiophene rings is 1. The number of hydrogen-bond donors (Lipinski definition) is 1. The van der Waals surface area contributed by atoms with Crippen LogP contribution in [0.25, 0.3) is 0 Å². The standard InChI is InChI=1S/C13H22N2OS/c1-9(6-12-4-5-13(14)17-12)15-7-10(2)16-11(3)8-15/h4-5,9-11H,6-8,14H2,1-3H3. The number of nitrogens with zero attached hydrogens (tertiary/aromatic N) is 1. The third-order valence-electron chi connectivity index (χ3n) is 3.25. The van der Waals surface area contributed by atoms with E-state index in [0.717, 1.165) is 24.5 Å². The first kappa shape index (κ1) is 12.9. The summed E-state index contributed by atoms with van der Waals surface area (Å²) in [6, 6.07) is 4.70. The van der Waals surface area contributed by atoms with Crippen LogP contribution in [0.2, 0.25) is 0 Å². The Balaban J connectivity index is 1.93. The average molecular weight is 254 g/mol. The van der Waals surface area contributed by atoms with Gasteiger partial charge in [0, 0.05) is 24.0 Å². The molecule has 1 aromatic rings. The van der Waals surface area contributed by atoms with Crippen molar-refractivity contribution in [2.75, 3.05) is 18.8 Å². The summed E-state index contributed by atoms with van der Waals surface area (Å²) in [4.78, 5) is 3.90. The van der Waals surface area contributed by atoms with Crippen LogP contribution in [0.15, 0.2) is 12.1 Å². The van der Waals surface area contributed by atoms with Crippen LogP contribution < -0.4 is 5.73 Å². The Labute approximate surface area is 108 Å². The molecule has 3 atom stereocenters. The molecule has 0 saturated carbocycles. The first-order valence-electron chi connectivity index (χ1n) is 6.28. The second kappa shape index (κ2) is 5.38. The molecule has 3 unspecified atom stereocenters. The van der Waals surface area contributed by atoms with Gasteiger partial charge in [0.05, 0.1) is 17.2 Å². The molecule has 0 amide bonds. The van der Waals surface area contributed by atoms with E-state index in [1.807, 2.05) is 6.07 Å². The van der Waals surface area contributed by atoms with Gasteiger partial charge in [-0.3, -0.25) is 4.90 Å². The normalized spacial score (nSPS) is 28.2.